The molecule has 0 fully saturated rings. The van der Waals surface area contributed by atoms with E-state index in [2.05, 4.69) is 15.4 Å². The van der Waals surface area contributed by atoms with E-state index in [9.17, 15) is 31.5 Å². The van der Waals surface area contributed by atoms with Crippen LogP contribution in [0.2, 0.25) is 5.02 Å². The molecule has 0 spiro atoms. The first-order valence-electron chi connectivity index (χ1n) is 10.0. The second-order valence-electron chi connectivity index (χ2n) is 7.29. The molecule has 0 aliphatic heterocycles. The van der Waals surface area contributed by atoms with Gasteiger partial charge in [-0.15, -0.1) is 0 Å². The van der Waals surface area contributed by atoms with Crippen molar-refractivity contribution >= 4 is 23.5 Å². The maximum Gasteiger partial charge on any atom is 0.472 e. The SMILES string of the molecule is CCc1cnn(-c2c(F)cc(Cl)cc2-c2cnc([C@@H](C)NC(=O)NNC(=O)C(F)(F)F)c(F)c2)c1. The molecule has 8 nitrogen and oxygen atoms in total. The van der Waals surface area contributed by atoms with E-state index < -0.39 is 35.8 Å². The van der Waals surface area contributed by atoms with Crippen LogP contribution in [0.25, 0.3) is 16.8 Å². The molecule has 3 amide bonds. The first kappa shape index (κ1) is 25.9. The van der Waals surface area contributed by atoms with Gasteiger partial charge < -0.3 is 5.32 Å². The van der Waals surface area contributed by atoms with Gasteiger partial charge in [0, 0.05) is 28.5 Å². The van der Waals surface area contributed by atoms with Crippen LogP contribution in [0.4, 0.5) is 26.7 Å². The number of hydrazine groups is 1. The van der Waals surface area contributed by atoms with Crippen molar-refractivity contribution in [3.63, 3.8) is 0 Å². The topological polar surface area (TPSA) is 101 Å². The number of nitrogens with zero attached hydrogens (tertiary/aromatic N) is 3. The van der Waals surface area contributed by atoms with Gasteiger partial charge in [0.05, 0.1) is 17.9 Å². The second-order valence-corrected chi connectivity index (χ2v) is 7.73. The normalized spacial score (nSPS) is 12.2. The summed E-state index contributed by atoms with van der Waals surface area (Å²) >= 11 is 6.01. The van der Waals surface area contributed by atoms with Crippen LogP contribution in [0.15, 0.2) is 36.8 Å². The Morgan fingerprint density at radius 1 is 1.11 bits per heavy atom. The van der Waals surface area contributed by atoms with Crippen molar-refractivity contribution in [2.24, 2.45) is 0 Å². The summed E-state index contributed by atoms with van der Waals surface area (Å²) in [6, 6.07) is 1.21. The average Bonchev–Trinajstić information content (AvgIpc) is 3.24. The molecule has 2 heterocycles. The highest BCUT2D eigenvalue weighted by Gasteiger charge is 2.39. The fourth-order valence-corrected chi connectivity index (χ4v) is 3.29. The van der Waals surface area contributed by atoms with E-state index in [4.69, 9.17) is 11.6 Å². The number of rotatable bonds is 5. The highest BCUT2D eigenvalue weighted by atomic mass is 35.5. The minimum Gasteiger partial charge on any atom is -0.329 e. The predicted octanol–water partition coefficient (Wildman–Crippen LogP) is 4.38. The summed E-state index contributed by atoms with van der Waals surface area (Å²) in [7, 11) is 0. The Kier molecular flexibility index (Phi) is 7.58. The monoisotopic (exact) mass is 516 g/mol. The van der Waals surface area contributed by atoms with Crippen molar-refractivity contribution in [1.82, 2.24) is 30.9 Å². The molecule has 2 aromatic heterocycles. The maximum atomic E-state index is 14.9. The van der Waals surface area contributed by atoms with Crippen LogP contribution >= 0.6 is 11.6 Å². The molecule has 0 unspecified atom stereocenters. The van der Waals surface area contributed by atoms with E-state index in [0.29, 0.717) is 6.42 Å². The summed E-state index contributed by atoms with van der Waals surface area (Å²) in [6.45, 7) is 3.22. The third-order valence-corrected chi connectivity index (χ3v) is 5.01. The number of hydrogen-bond donors (Lipinski definition) is 3. The molecule has 14 heteroatoms. The molecule has 3 rings (SSSR count). The van der Waals surface area contributed by atoms with E-state index in [1.807, 2.05) is 6.92 Å². The van der Waals surface area contributed by atoms with Crippen molar-refractivity contribution in [3.05, 3.63) is 64.7 Å². The molecule has 0 aliphatic rings. The van der Waals surface area contributed by atoms with Crippen LogP contribution in [0.1, 0.15) is 31.1 Å². The number of benzene rings is 1. The van der Waals surface area contributed by atoms with Crippen LogP contribution in [0, 0.1) is 11.6 Å². The summed E-state index contributed by atoms with van der Waals surface area (Å²) in [5, 5.41) is 6.34. The molecule has 1 atom stereocenters. The Balaban J connectivity index is 1.84. The molecule has 186 valence electrons. The van der Waals surface area contributed by atoms with Crippen LogP contribution in [-0.4, -0.2) is 32.9 Å². The van der Waals surface area contributed by atoms with Crippen molar-refractivity contribution in [3.8, 4) is 16.8 Å². The Labute approximate surface area is 200 Å². The summed E-state index contributed by atoms with van der Waals surface area (Å²) in [5.41, 5.74) is 3.63. The lowest BCUT2D eigenvalue weighted by Gasteiger charge is -2.17. The van der Waals surface area contributed by atoms with Gasteiger partial charge in [0.2, 0.25) is 0 Å². The van der Waals surface area contributed by atoms with Gasteiger partial charge >= 0.3 is 18.1 Å². The summed E-state index contributed by atoms with van der Waals surface area (Å²) < 4.78 is 67.6. The quantitative estimate of drug-likeness (QED) is 0.346. The van der Waals surface area contributed by atoms with Crippen molar-refractivity contribution in [2.75, 3.05) is 0 Å². The molecule has 3 N–H and O–H groups in total. The Bertz CT molecular complexity index is 1260. The van der Waals surface area contributed by atoms with Gasteiger partial charge in [0.1, 0.15) is 11.5 Å². The zero-order chi connectivity index (χ0) is 25.9. The average molecular weight is 517 g/mol. The minimum absolute atomic E-state index is 0.0222. The van der Waals surface area contributed by atoms with Crippen LogP contribution in [0.5, 0.6) is 0 Å². The molecule has 1 aromatic carbocycles. The van der Waals surface area contributed by atoms with E-state index in [-0.39, 0.29) is 27.5 Å². The van der Waals surface area contributed by atoms with Gasteiger partial charge in [0.15, 0.2) is 5.82 Å². The number of halogens is 6. The molecule has 0 saturated heterocycles. The fraction of sp³-hybridized carbons (Fsp3) is 0.238. The third-order valence-electron chi connectivity index (χ3n) is 4.79. The van der Waals surface area contributed by atoms with Gasteiger partial charge in [-0.3, -0.25) is 15.2 Å². The summed E-state index contributed by atoms with van der Waals surface area (Å²) in [4.78, 5) is 26.5. The van der Waals surface area contributed by atoms with E-state index in [1.165, 1.54) is 34.7 Å². The molecular weight excluding hydrogens is 499 g/mol. The summed E-state index contributed by atoms with van der Waals surface area (Å²) in [6.07, 6.45) is -0.132. The number of urea groups is 1. The lowest BCUT2D eigenvalue weighted by Crippen LogP contribution is -2.51. The lowest BCUT2D eigenvalue weighted by atomic mass is 10.0. The number of aromatic nitrogens is 3. The molecule has 0 aliphatic carbocycles. The fourth-order valence-electron chi connectivity index (χ4n) is 3.08. The van der Waals surface area contributed by atoms with E-state index >= 15 is 0 Å². The molecule has 35 heavy (non-hydrogen) atoms. The summed E-state index contributed by atoms with van der Waals surface area (Å²) in [5.74, 6) is -3.98. The Hall–Kier alpha value is -3.74. The molecule has 0 radical (unpaired) electrons. The smallest absolute Gasteiger partial charge is 0.329 e. The largest absolute Gasteiger partial charge is 0.472 e. The third kappa shape index (κ3) is 6.04. The number of alkyl halides is 3. The molecule has 0 saturated carbocycles. The number of hydrogen-bond acceptors (Lipinski definition) is 4. The first-order valence-corrected chi connectivity index (χ1v) is 10.4. The van der Waals surface area contributed by atoms with Crippen molar-refractivity contribution < 1.29 is 31.5 Å². The predicted molar refractivity (Wildman–Crippen MR) is 115 cm³/mol. The van der Waals surface area contributed by atoms with Crippen molar-refractivity contribution in [1.29, 1.82) is 0 Å². The standard InChI is InChI=1S/C21H18ClF5N6O2/c1-3-11-7-29-33(9-11)18-14(5-13(22)6-16(18)24)12-4-15(23)17(28-8-12)10(2)30-20(35)32-31-19(34)21(25,26)27/h4-10H,3H2,1-2H3,(H,31,34)(H2,30,32,35)/t10-/m1/s1. The molecule has 3 aromatic rings. The molecular formula is C21H18ClF5N6O2. The van der Waals surface area contributed by atoms with Crippen molar-refractivity contribution in [2.45, 2.75) is 32.5 Å². The minimum atomic E-state index is -5.20. The number of pyridine rings is 1. The van der Waals surface area contributed by atoms with Gasteiger partial charge in [-0.1, -0.05) is 18.5 Å². The van der Waals surface area contributed by atoms with Gasteiger partial charge in [-0.2, -0.15) is 18.3 Å². The highest BCUT2D eigenvalue weighted by Crippen LogP contribution is 2.33. The maximum absolute atomic E-state index is 14.9. The zero-order valence-electron chi connectivity index (χ0n) is 18.2. The van der Waals surface area contributed by atoms with Crippen LogP contribution in [-0.2, 0) is 11.2 Å². The van der Waals surface area contributed by atoms with E-state index in [0.717, 1.165) is 17.7 Å². The van der Waals surface area contributed by atoms with E-state index in [1.54, 1.807) is 12.4 Å². The number of carbonyl (C=O) groups is 2. The first-order chi connectivity index (χ1) is 16.4. The number of aryl methyl sites for hydroxylation is 1. The van der Waals surface area contributed by atoms with Crippen LogP contribution in [0.3, 0.4) is 0 Å². The van der Waals surface area contributed by atoms with Gasteiger partial charge in [-0.25, -0.2) is 23.7 Å². The van der Waals surface area contributed by atoms with Crippen LogP contribution < -0.4 is 16.2 Å². The lowest BCUT2D eigenvalue weighted by molar-refractivity contribution is -0.174. The van der Waals surface area contributed by atoms with Gasteiger partial charge in [0.25, 0.3) is 0 Å². The number of carbonyl (C=O) groups excluding carboxylic acids is 2. The molecule has 0 bridgehead atoms. The second kappa shape index (κ2) is 10.3. The van der Waals surface area contributed by atoms with Gasteiger partial charge in [-0.05, 0) is 37.1 Å². The zero-order valence-corrected chi connectivity index (χ0v) is 18.9. The number of nitrogens with one attached hydrogen (secondary N) is 3. The highest BCUT2D eigenvalue weighted by molar-refractivity contribution is 6.31. The Morgan fingerprint density at radius 3 is 2.43 bits per heavy atom. The Morgan fingerprint density at radius 2 is 1.83 bits per heavy atom. The number of amides is 3.